The third-order valence-corrected chi connectivity index (χ3v) is 3.51. The van der Waals surface area contributed by atoms with E-state index in [0.717, 1.165) is 23.0 Å². The van der Waals surface area contributed by atoms with E-state index < -0.39 is 12.0 Å². The van der Waals surface area contributed by atoms with Gasteiger partial charge in [0.25, 0.3) is 0 Å². The molecule has 0 aliphatic carbocycles. The zero-order chi connectivity index (χ0) is 14.0. The number of carboxylic acids is 1. The van der Waals surface area contributed by atoms with Crippen molar-refractivity contribution in [1.29, 1.82) is 0 Å². The lowest BCUT2D eigenvalue weighted by Gasteiger charge is -2.25. The van der Waals surface area contributed by atoms with Crippen LogP contribution in [0.25, 0.3) is 10.9 Å². The van der Waals surface area contributed by atoms with E-state index in [-0.39, 0.29) is 0 Å². The lowest BCUT2D eigenvalue weighted by molar-refractivity contribution is -0.138. The van der Waals surface area contributed by atoms with Crippen molar-refractivity contribution in [3.05, 3.63) is 36.0 Å². The smallest absolute Gasteiger partial charge is 0.326 e. The van der Waals surface area contributed by atoms with E-state index in [2.05, 4.69) is 24.0 Å². The Hall–Kier alpha value is -2.10. The van der Waals surface area contributed by atoms with Crippen LogP contribution in [-0.2, 0) is 11.2 Å². The van der Waals surface area contributed by atoms with Gasteiger partial charge < -0.3 is 10.0 Å². The summed E-state index contributed by atoms with van der Waals surface area (Å²) in [5.41, 5.74) is 3.01. The van der Waals surface area contributed by atoms with Crippen molar-refractivity contribution in [2.24, 2.45) is 0 Å². The predicted octanol–water partition coefficient (Wildman–Crippen LogP) is 2.71. The molecule has 0 saturated carbocycles. The first-order chi connectivity index (χ1) is 9.04. The molecule has 2 aromatic rings. The summed E-state index contributed by atoms with van der Waals surface area (Å²) in [5, 5.41) is 10.1. The van der Waals surface area contributed by atoms with Crippen LogP contribution in [-0.4, -0.2) is 29.1 Å². The molecule has 0 radical (unpaired) electrons. The molecule has 0 fully saturated rings. The highest BCUT2D eigenvalue weighted by molar-refractivity contribution is 5.93. The van der Waals surface area contributed by atoms with E-state index in [1.807, 2.05) is 12.1 Å². The third kappa shape index (κ3) is 2.52. The van der Waals surface area contributed by atoms with Gasteiger partial charge in [-0.25, -0.2) is 4.79 Å². The van der Waals surface area contributed by atoms with Crippen molar-refractivity contribution in [1.82, 2.24) is 4.98 Å². The number of carboxylic acid groups (broad SMARTS) is 1. The molecule has 1 aromatic carbocycles. The monoisotopic (exact) mass is 258 g/mol. The first-order valence-corrected chi connectivity index (χ1v) is 6.38. The van der Waals surface area contributed by atoms with Crippen molar-refractivity contribution >= 4 is 22.6 Å². The Morgan fingerprint density at radius 3 is 2.79 bits per heavy atom. The number of nitrogens with zero attached hydrogens (tertiary/aromatic N) is 2. The Morgan fingerprint density at radius 2 is 2.16 bits per heavy atom. The van der Waals surface area contributed by atoms with Gasteiger partial charge in [-0.15, -0.1) is 0 Å². The molecular weight excluding hydrogens is 240 g/mol. The van der Waals surface area contributed by atoms with Gasteiger partial charge in [-0.3, -0.25) is 4.98 Å². The molecule has 1 N–H and O–H groups in total. The Bertz CT molecular complexity index is 610. The molecule has 0 spiro atoms. The Morgan fingerprint density at radius 1 is 1.42 bits per heavy atom. The van der Waals surface area contributed by atoms with E-state index in [1.54, 1.807) is 25.1 Å². The number of aromatic nitrogens is 1. The normalized spacial score (nSPS) is 12.4. The maximum Gasteiger partial charge on any atom is 0.326 e. The van der Waals surface area contributed by atoms with Crippen molar-refractivity contribution in [3.63, 3.8) is 0 Å². The fourth-order valence-corrected chi connectivity index (χ4v) is 2.08. The number of hydrogen-bond donors (Lipinski definition) is 1. The number of aryl methyl sites for hydroxylation is 1. The largest absolute Gasteiger partial charge is 0.480 e. The molecule has 1 heterocycles. The molecule has 2 rings (SSSR count). The van der Waals surface area contributed by atoms with Gasteiger partial charge in [0.15, 0.2) is 0 Å². The standard InChI is InChI=1S/C15H18N2O2/c1-4-11-5-6-13-12(9-11)14(7-8-16-13)17(3)10(2)15(18)19/h5-10H,4H2,1-3H3,(H,18,19). The quantitative estimate of drug-likeness (QED) is 0.916. The lowest BCUT2D eigenvalue weighted by atomic mass is 10.1. The summed E-state index contributed by atoms with van der Waals surface area (Å²) in [6, 6.07) is 7.41. The molecule has 0 bridgehead atoms. The predicted molar refractivity (Wildman–Crippen MR) is 76.6 cm³/mol. The Balaban J connectivity index is 2.56. The van der Waals surface area contributed by atoms with Gasteiger partial charge in [0.1, 0.15) is 6.04 Å². The molecule has 0 amide bonds. The Labute approximate surface area is 112 Å². The van der Waals surface area contributed by atoms with E-state index >= 15 is 0 Å². The minimum atomic E-state index is -0.834. The summed E-state index contributed by atoms with van der Waals surface area (Å²) in [6.07, 6.45) is 2.66. The second-order valence-electron chi connectivity index (χ2n) is 4.66. The minimum Gasteiger partial charge on any atom is -0.480 e. The first kappa shape index (κ1) is 13.3. The third-order valence-electron chi connectivity index (χ3n) is 3.51. The van der Waals surface area contributed by atoms with E-state index in [4.69, 9.17) is 5.11 Å². The number of pyridine rings is 1. The summed E-state index contributed by atoms with van der Waals surface area (Å²) >= 11 is 0. The fraction of sp³-hybridized carbons (Fsp3) is 0.333. The van der Waals surface area contributed by atoms with E-state index in [1.165, 1.54) is 5.56 Å². The summed E-state index contributed by atoms with van der Waals surface area (Å²) in [4.78, 5) is 17.2. The second-order valence-corrected chi connectivity index (χ2v) is 4.66. The molecule has 4 nitrogen and oxygen atoms in total. The highest BCUT2D eigenvalue weighted by Gasteiger charge is 2.19. The number of benzene rings is 1. The zero-order valence-electron chi connectivity index (χ0n) is 11.4. The molecule has 1 aromatic heterocycles. The van der Waals surface area contributed by atoms with Crippen LogP contribution in [0.1, 0.15) is 19.4 Å². The molecule has 100 valence electrons. The van der Waals surface area contributed by atoms with Crippen LogP contribution in [0.5, 0.6) is 0 Å². The average Bonchev–Trinajstić information content (AvgIpc) is 2.44. The Kier molecular flexibility index (Phi) is 3.69. The van der Waals surface area contributed by atoms with Gasteiger partial charge in [0, 0.05) is 24.3 Å². The summed E-state index contributed by atoms with van der Waals surface area (Å²) in [6.45, 7) is 3.78. The van der Waals surface area contributed by atoms with Crippen LogP contribution in [0.15, 0.2) is 30.5 Å². The molecule has 19 heavy (non-hydrogen) atoms. The van der Waals surface area contributed by atoms with Gasteiger partial charge in [-0.2, -0.15) is 0 Å². The topological polar surface area (TPSA) is 53.4 Å². The van der Waals surface area contributed by atoms with Crippen LogP contribution in [0.2, 0.25) is 0 Å². The molecule has 1 atom stereocenters. The van der Waals surface area contributed by atoms with E-state index in [0.29, 0.717) is 0 Å². The molecule has 0 saturated heterocycles. The first-order valence-electron chi connectivity index (χ1n) is 6.38. The van der Waals surface area contributed by atoms with Gasteiger partial charge in [0.05, 0.1) is 5.52 Å². The number of hydrogen-bond acceptors (Lipinski definition) is 3. The van der Waals surface area contributed by atoms with Crippen molar-refractivity contribution < 1.29 is 9.90 Å². The van der Waals surface area contributed by atoms with Crippen LogP contribution in [0.4, 0.5) is 5.69 Å². The van der Waals surface area contributed by atoms with Crippen molar-refractivity contribution in [2.45, 2.75) is 26.3 Å². The number of aliphatic carboxylic acids is 1. The van der Waals surface area contributed by atoms with Gasteiger partial charge in [0.2, 0.25) is 0 Å². The number of likely N-dealkylation sites (N-methyl/N-ethyl adjacent to an activating group) is 1. The maximum atomic E-state index is 11.1. The summed E-state index contributed by atoms with van der Waals surface area (Å²) in [7, 11) is 1.80. The van der Waals surface area contributed by atoms with Gasteiger partial charge in [-0.05, 0) is 37.1 Å². The van der Waals surface area contributed by atoms with Gasteiger partial charge >= 0.3 is 5.97 Å². The highest BCUT2D eigenvalue weighted by atomic mass is 16.4. The molecular formula is C15H18N2O2. The van der Waals surface area contributed by atoms with E-state index in [9.17, 15) is 4.79 Å². The SMILES string of the molecule is CCc1ccc2nccc(N(C)C(C)C(=O)O)c2c1. The molecule has 4 heteroatoms. The molecule has 0 aliphatic heterocycles. The lowest BCUT2D eigenvalue weighted by Crippen LogP contribution is -2.35. The van der Waals surface area contributed by atoms with Crippen molar-refractivity contribution in [2.75, 3.05) is 11.9 Å². The molecule has 1 unspecified atom stereocenters. The van der Waals surface area contributed by atoms with Crippen LogP contribution in [0.3, 0.4) is 0 Å². The van der Waals surface area contributed by atoms with Crippen LogP contribution in [0, 0.1) is 0 Å². The summed E-state index contributed by atoms with van der Waals surface area (Å²) in [5.74, 6) is -0.834. The average molecular weight is 258 g/mol. The van der Waals surface area contributed by atoms with Crippen LogP contribution >= 0.6 is 0 Å². The van der Waals surface area contributed by atoms with Gasteiger partial charge in [-0.1, -0.05) is 13.0 Å². The number of rotatable bonds is 4. The molecule has 0 aliphatic rings. The zero-order valence-corrected chi connectivity index (χ0v) is 11.4. The highest BCUT2D eigenvalue weighted by Crippen LogP contribution is 2.27. The fourth-order valence-electron chi connectivity index (χ4n) is 2.08. The number of anilines is 1. The number of carbonyl (C=O) groups is 1. The second kappa shape index (κ2) is 5.26. The van der Waals surface area contributed by atoms with Crippen LogP contribution < -0.4 is 4.90 Å². The minimum absolute atomic E-state index is 0.573. The van der Waals surface area contributed by atoms with Crippen molar-refractivity contribution in [3.8, 4) is 0 Å². The maximum absolute atomic E-state index is 11.1. The number of fused-ring (bicyclic) bond motifs is 1. The summed E-state index contributed by atoms with van der Waals surface area (Å²) < 4.78 is 0.